The van der Waals surface area contributed by atoms with Gasteiger partial charge in [0.2, 0.25) is 0 Å². The zero-order valence-electron chi connectivity index (χ0n) is 9.35. The van der Waals surface area contributed by atoms with E-state index in [4.69, 9.17) is 9.47 Å². The SMILES string of the molecule is COC(C)(C)C(=O)NC1(C)CCOC1. The van der Waals surface area contributed by atoms with Crippen LogP contribution < -0.4 is 5.32 Å². The zero-order chi connectivity index (χ0) is 10.8. The summed E-state index contributed by atoms with van der Waals surface area (Å²) in [5.74, 6) is -0.0898. The van der Waals surface area contributed by atoms with Crippen molar-refractivity contribution in [3.8, 4) is 0 Å². The molecule has 0 saturated carbocycles. The maximum absolute atomic E-state index is 11.8. The fourth-order valence-electron chi connectivity index (χ4n) is 1.28. The van der Waals surface area contributed by atoms with E-state index in [1.165, 1.54) is 7.11 Å². The molecule has 4 heteroatoms. The average molecular weight is 201 g/mol. The van der Waals surface area contributed by atoms with E-state index in [2.05, 4.69) is 5.32 Å². The number of hydrogen-bond acceptors (Lipinski definition) is 3. The number of rotatable bonds is 3. The molecular formula is C10H19NO3. The highest BCUT2D eigenvalue weighted by atomic mass is 16.5. The summed E-state index contributed by atoms with van der Waals surface area (Å²) >= 11 is 0. The second kappa shape index (κ2) is 3.87. The van der Waals surface area contributed by atoms with Crippen LogP contribution in [0.1, 0.15) is 27.2 Å². The maximum atomic E-state index is 11.8. The number of amides is 1. The average Bonchev–Trinajstić information content (AvgIpc) is 2.52. The molecule has 0 aromatic carbocycles. The molecule has 1 saturated heterocycles. The molecule has 0 radical (unpaired) electrons. The van der Waals surface area contributed by atoms with Crippen molar-refractivity contribution in [2.24, 2.45) is 0 Å². The van der Waals surface area contributed by atoms with Crippen LogP contribution in [0.25, 0.3) is 0 Å². The molecule has 1 N–H and O–H groups in total. The maximum Gasteiger partial charge on any atom is 0.252 e. The molecule has 1 aliphatic heterocycles. The minimum absolute atomic E-state index is 0.0898. The molecule has 0 aromatic heterocycles. The number of carbonyl (C=O) groups is 1. The fourth-order valence-corrected chi connectivity index (χ4v) is 1.28. The minimum atomic E-state index is -0.772. The molecule has 0 bridgehead atoms. The van der Waals surface area contributed by atoms with Gasteiger partial charge in [-0.25, -0.2) is 0 Å². The third-order valence-electron chi connectivity index (χ3n) is 2.69. The summed E-state index contributed by atoms with van der Waals surface area (Å²) < 4.78 is 10.4. The lowest BCUT2D eigenvalue weighted by molar-refractivity contribution is -0.141. The molecule has 1 rings (SSSR count). The third-order valence-corrected chi connectivity index (χ3v) is 2.69. The Morgan fingerprint density at radius 1 is 1.57 bits per heavy atom. The molecule has 0 aliphatic carbocycles. The first-order chi connectivity index (χ1) is 6.40. The lowest BCUT2D eigenvalue weighted by Crippen LogP contribution is -2.54. The van der Waals surface area contributed by atoms with Gasteiger partial charge >= 0.3 is 0 Å². The number of nitrogens with one attached hydrogen (secondary N) is 1. The zero-order valence-corrected chi connectivity index (χ0v) is 9.35. The van der Waals surface area contributed by atoms with Crippen LogP contribution in [0.15, 0.2) is 0 Å². The Balaban J connectivity index is 2.55. The Kier molecular flexibility index (Phi) is 3.17. The third kappa shape index (κ3) is 2.45. The van der Waals surface area contributed by atoms with Crippen molar-refractivity contribution in [1.82, 2.24) is 5.32 Å². The van der Waals surface area contributed by atoms with Crippen LogP contribution in [-0.4, -0.2) is 37.4 Å². The van der Waals surface area contributed by atoms with Gasteiger partial charge in [-0.15, -0.1) is 0 Å². The number of ether oxygens (including phenoxy) is 2. The van der Waals surface area contributed by atoms with Gasteiger partial charge in [-0.1, -0.05) is 0 Å². The van der Waals surface area contributed by atoms with Crippen LogP contribution in [0.5, 0.6) is 0 Å². The van der Waals surface area contributed by atoms with Crippen molar-refractivity contribution in [3.63, 3.8) is 0 Å². The smallest absolute Gasteiger partial charge is 0.252 e. The fraction of sp³-hybridized carbons (Fsp3) is 0.900. The Hall–Kier alpha value is -0.610. The Morgan fingerprint density at radius 2 is 2.21 bits per heavy atom. The first-order valence-corrected chi connectivity index (χ1v) is 4.85. The largest absolute Gasteiger partial charge is 0.379 e. The van der Waals surface area contributed by atoms with Crippen LogP contribution in [0.4, 0.5) is 0 Å². The molecule has 1 atom stereocenters. The Labute approximate surface area is 85.0 Å². The predicted octanol–water partition coefficient (Wildman–Crippen LogP) is 0.707. The van der Waals surface area contributed by atoms with Crippen molar-refractivity contribution in [3.05, 3.63) is 0 Å². The highest BCUT2D eigenvalue weighted by Crippen LogP contribution is 2.19. The summed E-state index contributed by atoms with van der Waals surface area (Å²) in [4.78, 5) is 11.8. The van der Waals surface area contributed by atoms with Crippen molar-refractivity contribution < 1.29 is 14.3 Å². The predicted molar refractivity (Wildman–Crippen MR) is 53.1 cm³/mol. The van der Waals surface area contributed by atoms with E-state index in [9.17, 15) is 4.79 Å². The Bertz CT molecular complexity index is 219. The monoisotopic (exact) mass is 201 g/mol. The van der Waals surface area contributed by atoms with E-state index >= 15 is 0 Å². The minimum Gasteiger partial charge on any atom is -0.379 e. The highest BCUT2D eigenvalue weighted by molar-refractivity contribution is 5.84. The van der Waals surface area contributed by atoms with E-state index in [1.54, 1.807) is 13.8 Å². The van der Waals surface area contributed by atoms with Crippen LogP contribution in [0, 0.1) is 0 Å². The summed E-state index contributed by atoms with van der Waals surface area (Å²) in [5, 5.41) is 2.96. The quantitative estimate of drug-likeness (QED) is 0.731. The van der Waals surface area contributed by atoms with Crippen LogP contribution in [0.3, 0.4) is 0 Å². The molecule has 0 spiro atoms. The molecule has 1 fully saturated rings. The van der Waals surface area contributed by atoms with Gasteiger partial charge in [0.15, 0.2) is 0 Å². The van der Waals surface area contributed by atoms with E-state index < -0.39 is 5.60 Å². The van der Waals surface area contributed by atoms with Gasteiger partial charge in [-0.3, -0.25) is 4.79 Å². The van der Waals surface area contributed by atoms with Gasteiger partial charge in [0.05, 0.1) is 12.1 Å². The normalized spacial score (nSPS) is 27.7. The molecule has 1 amide bonds. The standard InChI is InChI=1S/C10H19NO3/c1-9(2,13-4)8(12)11-10(3)5-6-14-7-10/h5-7H2,1-4H3,(H,11,12). The van der Waals surface area contributed by atoms with Gasteiger partial charge in [0.1, 0.15) is 5.60 Å². The lowest BCUT2D eigenvalue weighted by Gasteiger charge is -2.29. The van der Waals surface area contributed by atoms with Gasteiger partial charge in [0.25, 0.3) is 5.91 Å². The van der Waals surface area contributed by atoms with Crippen LogP contribution in [-0.2, 0) is 14.3 Å². The molecular weight excluding hydrogens is 182 g/mol. The first-order valence-electron chi connectivity index (χ1n) is 4.85. The molecule has 82 valence electrons. The van der Waals surface area contributed by atoms with Gasteiger partial charge in [-0.2, -0.15) is 0 Å². The molecule has 0 aromatic rings. The van der Waals surface area contributed by atoms with Gasteiger partial charge in [-0.05, 0) is 27.2 Å². The molecule has 1 heterocycles. The van der Waals surface area contributed by atoms with Crippen LogP contribution in [0.2, 0.25) is 0 Å². The van der Waals surface area contributed by atoms with Crippen molar-refractivity contribution in [2.45, 2.75) is 38.3 Å². The van der Waals surface area contributed by atoms with E-state index in [1.807, 2.05) is 6.92 Å². The van der Waals surface area contributed by atoms with Crippen LogP contribution >= 0.6 is 0 Å². The molecule has 14 heavy (non-hydrogen) atoms. The summed E-state index contributed by atoms with van der Waals surface area (Å²) in [6, 6.07) is 0. The summed E-state index contributed by atoms with van der Waals surface area (Å²) in [6.45, 7) is 6.79. The molecule has 4 nitrogen and oxygen atoms in total. The van der Waals surface area contributed by atoms with Crippen molar-refractivity contribution in [1.29, 1.82) is 0 Å². The molecule has 1 unspecified atom stereocenters. The van der Waals surface area contributed by atoms with Gasteiger partial charge < -0.3 is 14.8 Å². The van der Waals surface area contributed by atoms with E-state index in [0.717, 1.165) is 6.42 Å². The lowest BCUT2D eigenvalue weighted by atomic mass is 9.99. The summed E-state index contributed by atoms with van der Waals surface area (Å²) in [6.07, 6.45) is 0.860. The number of hydrogen-bond donors (Lipinski definition) is 1. The van der Waals surface area contributed by atoms with E-state index in [0.29, 0.717) is 13.2 Å². The van der Waals surface area contributed by atoms with Crippen molar-refractivity contribution in [2.75, 3.05) is 20.3 Å². The molecule has 1 aliphatic rings. The second-order valence-electron chi connectivity index (χ2n) is 4.53. The summed E-state index contributed by atoms with van der Waals surface area (Å²) in [7, 11) is 1.53. The van der Waals surface area contributed by atoms with Gasteiger partial charge in [0, 0.05) is 13.7 Å². The number of carbonyl (C=O) groups excluding carboxylic acids is 1. The second-order valence-corrected chi connectivity index (χ2v) is 4.53. The first kappa shape index (κ1) is 11.5. The topological polar surface area (TPSA) is 47.6 Å². The highest BCUT2D eigenvalue weighted by Gasteiger charge is 2.36. The summed E-state index contributed by atoms with van der Waals surface area (Å²) in [5.41, 5.74) is -1.00. The van der Waals surface area contributed by atoms with E-state index in [-0.39, 0.29) is 11.4 Å². The van der Waals surface area contributed by atoms with Crippen molar-refractivity contribution >= 4 is 5.91 Å². The number of methoxy groups -OCH3 is 1. The Morgan fingerprint density at radius 3 is 2.64 bits per heavy atom.